The molecule has 5 rings (SSSR count). The van der Waals surface area contributed by atoms with Crippen molar-refractivity contribution in [2.45, 2.75) is 44.9 Å². The molecule has 2 N–H and O–H groups in total. The molecule has 130 valence electrons. The molecular formula is C17H18N4O2S2. The third-order valence-corrected chi connectivity index (χ3v) is 7.26. The predicted octanol–water partition coefficient (Wildman–Crippen LogP) is 2.79. The van der Waals surface area contributed by atoms with Crippen LogP contribution in [-0.4, -0.2) is 21.8 Å². The Morgan fingerprint density at radius 1 is 0.800 bits per heavy atom. The van der Waals surface area contributed by atoms with Crippen LogP contribution in [0.15, 0.2) is 0 Å². The summed E-state index contributed by atoms with van der Waals surface area (Å²) in [6.07, 6.45) is 7.07. The average Bonchev–Trinajstić information content (AvgIpc) is 2.88. The van der Waals surface area contributed by atoms with Crippen molar-refractivity contribution < 1.29 is 9.59 Å². The molecule has 0 unspecified atom stereocenters. The van der Waals surface area contributed by atoms with Crippen LogP contribution in [0.25, 0.3) is 0 Å². The molecule has 0 saturated heterocycles. The second kappa shape index (κ2) is 5.88. The minimum atomic E-state index is -0.245. The highest BCUT2D eigenvalue weighted by Gasteiger charge is 2.48. The number of fused-ring (bicyclic) bond motifs is 2. The van der Waals surface area contributed by atoms with E-state index in [2.05, 4.69) is 20.6 Å². The van der Waals surface area contributed by atoms with E-state index in [0.29, 0.717) is 16.7 Å². The maximum Gasteiger partial charge on any atom is 0.230 e. The number of aryl methyl sites for hydroxylation is 4. The third-order valence-electron chi connectivity index (χ3n) is 5.12. The van der Waals surface area contributed by atoms with Crippen LogP contribution in [0.2, 0.25) is 0 Å². The lowest BCUT2D eigenvalue weighted by molar-refractivity contribution is -0.122. The van der Waals surface area contributed by atoms with Gasteiger partial charge in [0.2, 0.25) is 11.8 Å². The summed E-state index contributed by atoms with van der Waals surface area (Å²) in [5, 5.41) is 7.13. The highest BCUT2D eigenvalue weighted by molar-refractivity contribution is 7.16. The molecular weight excluding hydrogens is 356 g/mol. The highest BCUT2D eigenvalue weighted by atomic mass is 32.1. The highest BCUT2D eigenvalue weighted by Crippen LogP contribution is 2.41. The lowest BCUT2D eigenvalue weighted by atomic mass is 10.3. The molecule has 2 aromatic rings. The number of nitrogens with zero attached hydrogens (tertiary/aromatic N) is 2. The van der Waals surface area contributed by atoms with E-state index in [4.69, 9.17) is 0 Å². The molecule has 2 atom stereocenters. The normalized spacial score (nSPS) is 23.2. The maximum atomic E-state index is 12.3. The summed E-state index contributed by atoms with van der Waals surface area (Å²) >= 11 is 3.14. The first kappa shape index (κ1) is 15.5. The molecule has 2 heterocycles. The van der Waals surface area contributed by atoms with E-state index in [9.17, 15) is 9.59 Å². The maximum absolute atomic E-state index is 12.3. The zero-order valence-corrected chi connectivity index (χ0v) is 15.3. The van der Waals surface area contributed by atoms with Crippen LogP contribution in [0.1, 0.15) is 40.4 Å². The van der Waals surface area contributed by atoms with E-state index in [-0.39, 0.29) is 23.7 Å². The topological polar surface area (TPSA) is 84.0 Å². The Kier molecular flexibility index (Phi) is 3.63. The standard InChI is InChI=1S/C17H18N4O2S2/c22-14(20-16-18-10-3-1-5-12(10)24-16)8-7-9(8)15(23)21-17-19-11-4-2-6-13(11)25-17/h8-9H,1-7H2,(H,18,20,22)(H,19,21,23)/t8-,9+. The zero-order valence-electron chi connectivity index (χ0n) is 13.6. The van der Waals surface area contributed by atoms with Gasteiger partial charge in [0.25, 0.3) is 0 Å². The first-order valence-electron chi connectivity index (χ1n) is 8.76. The number of carbonyl (C=O) groups excluding carboxylic acids is 2. The molecule has 3 aliphatic rings. The largest absolute Gasteiger partial charge is 0.302 e. The lowest BCUT2D eigenvalue weighted by Gasteiger charge is -2.02. The first-order chi connectivity index (χ1) is 12.2. The summed E-state index contributed by atoms with van der Waals surface area (Å²) in [7, 11) is 0. The van der Waals surface area contributed by atoms with E-state index in [1.807, 2.05) is 0 Å². The predicted molar refractivity (Wildman–Crippen MR) is 97.1 cm³/mol. The van der Waals surface area contributed by atoms with Crippen molar-refractivity contribution in [3.05, 3.63) is 21.1 Å². The molecule has 2 aromatic heterocycles. The number of anilines is 2. The number of carbonyl (C=O) groups is 2. The molecule has 3 aliphatic carbocycles. The van der Waals surface area contributed by atoms with E-state index < -0.39 is 0 Å². The van der Waals surface area contributed by atoms with Gasteiger partial charge in [-0.15, -0.1) is 22.7 Å². The third kappa shape index (κ3) is 2.87. The van der Waals surface area contributed by atoms with Gasteiger partial charge in [-0.2, -0.15) is 0 Å². The average molecular weight is 374 g/mol. The second-order valence-electron chi connectivity index (χ2n) is 6.91. The summed E-state index contributed by atoms with van der Waals surface area (Å²) in [6.45, 7) is 0. The molecule has 8 heteroatoms. The van der Waals surface area contributed by atoms with Crippen LogP contribution in [0, 0.1) is 11.8 Å². The Labute approximate surface area is 153 Å². The van der Waals surface area contributed by atoms with E-state index >= 15 is 0 Å². The first-order valence-corrected chi connectivity index (χ1v) is 10.4. The number of nitrogens with one attached hydrogen (secondary N) is 2. The molecule has 6 nitrogen and oxygen atoms in total. The van der Waals surface area contributed by atoms with Crippen molar-refractivity contribution in [2.75, 3.05) is 10.6 Å². The second-order valence-corrected chi connectivity index (χ2v) is 9.08. The summed E-state index contributed by atoms with van der Waals surface area (Å²) in [5.41, 5.74) is 2.25. The van der Waals surface area contributed by atoms with Gasteiger partial charge in [-0.3, -0.25) is 9.59 Å². The van der Waals surface area contributed by atoms with Crippen molar-refractivity contribution in [1.29, 1.82) is 0 Å². The number of hydrogen-bond donors (Lipinski definition) is 2. The SMILES string of the molecule is O=C(Nc1nc2c(s1)CCC2)[C@H]1C[C@H]1C(=O)Nc1nc2c(s1)CCC2. The van der Waals surface area contributed by atoms with E-state index in [0.717, 1.165) is 49.9 Å². The zero-order chi connectivity index (χ0) is 17.0. The molecule has 2 amide bonds. The van der Waals surface area contributed by atoms with Crippen molar-refractivity contribution in [2.24, 2.45) is 11.8 Å². The monoisotopic (exact) mass is 374 g/mol. The van der Waals surface area contributed by atoms with Crippen LogP contribution in [0.3, 0.4) is 0 Å². The van der Waals surface area contributed by atoms with Crippen molar-refractivity contribution in [3.8, 4) is 0 Å². The molecule has 0 aliphatic heterocycles. The summed E-state index contributed by atoms with van der Waals surface area (Å²) in [4.78, 5) is 36.2. The van der Waals surface area contributed by atoms with Gasteiger partial charge in [-0.1, -0.05) is 0 Å². The Balaban J connectivity index is 1.17. The summed E-state index contributed by atoms with van der Waals surface area (Å²) in [5.74, 6) is -0.667. The molecule has 1 fully saturated rings. The van der Waals surface area contributed by atoms with E-state index in [1.54, 1.807) is 22.7 Å². The molecule has 1 saturated carbocycles. The summed E-state index contributed by atoms with van der Waals surface area (Å²) in [6, 6.07) is 0. The van der Waals surface area contributed by atoms with Crippen molar-refractivity contribution in [3.63, 3.8) is 0 Å². The van der Waals surface area contributed by atoms with Crippen LogP contribution in [0.5, 0.6) is 0 Å². The lowest BCUT2D eigenvalue weighted by Crippen LogP contribution is -2.20. The molecule has 25 heavy (non-hydrogen) atoms. The molecule has 0 spiro atoms. The van der Waals surface area contributed by atoms with Gasteiger partial charge < -0.3 is 10.6 Å². The van der Waals surface area contributed by atoms with Crippen LogP contribution in [-0.2, 0) is 35.3 Å². The minimum Gasteiger partial charge on any atom is -0.302 e. The fraction of sp³-hybridized carbons (Fsp3) is 0.529. The van der Waals surface area contributed by atoms with Gasteiger partial charge in [0.1, 0.15) is 0 Å². The van der Waals surface area contributed by atoms with Crippen molar-refractivity contribution in [1.82, 2.24) is 9.97 Å². The van der Waals surface area contributed by atoms with Gasteiger partial charge in [0.15, 0.2) is 10.3 Å². The Morgan fingerprint density at radius 3 is 1.72 bits per heavy atom. The molecule has 0 aromatic carbocycles. The molecule has 0 radical (unpaired) electrons. The summed E-state index contributed by atoms with van der Waals surface area (Å²) < 4.78 is 0. The van der Waals surface area contributed by atoms with Crippen LogP contribution >= 0.6 is 22.7 Å². The fourth-order valence-corrected chi connectivity index (χ4v) is 5.76. The van der Waals surface area contributed by atoms with Crippen molar-refractivity contribution >= 4 is 44.8 Å². The quantitative estimate of drug-likeness (QED) is 0.862. The van der Waals surface area contributed by atoms with E-state index in [1.165, 1.54) is 9.75 Å². The number of thiazole rings is 2. The van der Waals surface area contributed by atoms with Crippen LogP contribution < -0.4 is 10.6 Å². The minimum absolute atomic E-state index is 0.0887. The Hall–Kier alpha value is -1.80. The smallest absolute Gasteiger partial charge is 0.230 e. The van der Waals surface area contributed by atoms with Crippen LogP contribution in [0.4, 0.5) is 10.3 Å². The Bertz CT molecular complexity index is 759. The van der Waals surface area contributed by atoms with Gasteiger partial charge in [-0.25, -0.2) is 9.97 Å². The fourth-order valence-electron chi connectivity index (χ4n) is 3.66. The van der Waals surface area contributed by atoms with Gasteiger partial charge in [0, 0.05) is 9.75 Å². The number of amides is 2. The number of aromatic nitrogens is 2. The van der Waals surface area contributed by atoms with Gasteiger partial charge >= 0.3 is 0 Å². The van der Waals surface area contributed by atoms with Gasteiger partial charge in [-0.05, 0) is 44.9 Å². The molecule has 0 bridgehead atoms. The van der Waals surface area contributed by atoms with Gasteiger partial charge in [0.05, 0.1) is 23.2 Å². The number of hydrogen-bond acceptors (Lipinski definition) is 6. The number of rotatable bonds is 4. The Morgan fingerprint density at radius 2 is 1.28 bits per heavy atom.